The lowest BCUT2D eigenvalue weighted by atomic mass is 10.0. The second kappa shape index (κ2) is 6.55. The second-order valence-electron chi connectivity index (χ2n) is 6.47. The van der Waals surface area contributed by atoms with Gasteiger partial charge in [-0.1, -0.05) is 48.5 Å². The summed E-state index contributed by atoms with van der Waals surface area (Å²) in [6.45, 7) is 0.683. The Hall–Kier alpha value is -2.88. The minimum atomic E-state index is -0.561. The molecule has 0 aliphatic carbocycles. The van der Waals surface area contributed by atoms with Gasteiger partial charge in [0.25, 0.3) is 5.91 Å². The lowest BCUT2D eigenvalue weighted by molar-refractivity contribution is 0.0732. The molecular formula is C21H19NO3. The van der Waals surface area contributed by atoms with Crippen molar-refractivity contribution in [3.63, 3.8) is 0 Å². The summed E-state index contributed by atoms with van der Waals surface area (Å²) < 4.78 is 5.32. The van der Waals surface area contributed by atoms with Crippen LogP contribution in [0, 0.1) is 0 Å². The van der Waals surface area contributed by atoms with Gasteiger partial charge < -0.3 is 9.32 Å². The highest BCUT2D eigenvalue weighted by Gasteiger charge is 2.31. The van der Waals surface area contributed by atoms with E-state index in [9.17, 15) is 9.59 Å². The van der Waals surface area contributed by atoms with E-state index in [1.165, 1.54) is 5.56 Å². The number of amides is 1. The highest BCUT2D eigenvalue weighted by atomic mass is 16.4. The molecule has 4 rings (SSSR count). The quantitative estimate of drug-likeness (QED) is 0.688. The van der Waals surface area contributed by atoms with Gasteiger partial charge in [0.15, 0.2) is 0 Å². The maximum Gasteiger partial charge on any atom is 0.349 e. The molecular weight excluding hydrogens is 314 g/mol. The third-order valence-electron chi connectivity index (χ3n) is 4.82. The number of fused-ring (bicyclic) bond motifs is 1. The molecule has 4 nitrogen and oxygen atoms in total. The number of hydrogen-bond acceptors (Lipinski definition) is 3. The molecule has 25 heavy (non-hydrogen) atoms. The van der Waals surface area contributed by atoms with Crippen LogP contribution in [0.2, 0.25) is 0 Å². The van der Waals surface area contributed by atoms with E-state index in [1.807, 2.05) is 41.3 Å². The maximum atomic E-state index is 13.0. The van der Waals surface area contributed by atoms with Crippen LogP contribution >= 0.6 is 0 Å². The first-order valence-electron chi connectivity index (χ1n) is 8.60. The lowest BCUT2D eigenvalue weighted by Gasteiger charge is -2.24. The summed E-state index contributed by atoms with van der Waals surface area (Å²) in [6.07, 6.45) is 2.73. The van der Waals surface area contributed by atoms with Gasteiger partial charge in [-0.2, -0.15) is 0 Å². The van der Waals surface area contributed by atoms with Crippen LogP contribution in [-0.2, 0) is 6.42 Å². The standard InChI is InChI=1S/C21H19NO3/c23-20(18-14-16-9-4-5-11-19(16)25-21(18)24)22-12-6-10-17(22)13-15-7-2-1-3-8-15/h1-5,7-9,11,14,17H,6,10,12-13H2/t17-/m0/s1. The Labute approximate surface area is 145 Å². The van der Waals surface area contributed by atoms with E-state index in [1.54, 1.807) is 12.1 Å². The van der Waals surface area contributed by atoms with E-state index in [4.69, 9.17) is 4.42 Å². The van der Waals surface area contributed by atoms with Crippen LogP contribution < -0.4 is 5.63 Å². The van der Waals surface area contributed by atoms with Gasteiger partial charge in [0.1, 0.15) is 11.1 Å². The summed E-state index contributed by atoms with van der Waals surface area (Å²) >= 11 is 0. The smallest absolute Gasteiger partial charge is 0.349 e. The number of hydrogen-bond donors (Lipinski definition) is 0. The summed E-state index contributed by atoms with van der Waals surface area (Å²) in [5.74, 6) is -0.224. The van der Waals surface area contributed by atoms with Gasteiger partial charge in [0.2, 0.25) is 0 Å². The summed E-state index contributed by atoms with van der Waals surface area (Å²) in [7, 11) is 0. The second-order valence-corrected chi connectivity index (χ2v) is 6.47. The molecule has 1 aromatic heterocycles. The van der Waals surface area contributed by atoms with Crippen molar-refractivity contribution in [2.75, 3.05) is 6.54 Å². The van der Waals surface area contributed by atoms with Crippen molar-refractivity contribution in [1.82, 2.24) is 4.90 Å². The molecule has 1 amide bonds. The minimum absolute atomic E-state index is 0.124. The van der Waals surface area contributed by atoms with Crippen LogP contribution in [0.25, 0.3) is 11.0 Å². The minimum Gasteiger partial charge on any atom is -0.422 e. The van der Waals surface area contributed by atoms with Crippen LogP contribution in [0.3, 0.4) is 0 Å². The first-order valence-corrected chi connectivity index (χ1v) is 8.60. The molecule has 1 aliphatic heterocycles. The summed E-state index contributed by atoms with van der Waals surface area (Å²) in [5.41, 5.74) is 1.27. The van der Waals surface area contributed by atoms with Gasteiger partial charge in [-0.15, -0.1) is 0 Å². The predicted octanol–water partition coefficient (Wildman–Crippen LogP) is 3.64. The average molecular weight is 333 g/mol. The Morgan fingerprint density at radius 2 is 1.84 bits per heavy atom. The molecule has 2 aromatic carbocycles. The predicted molar refractivity (Wildman–Crippen MR) is 96.7 cm³/mol. The topological polar surface area (TPSA) is 50.5 Å². The Kier molecular flexibility index (Phi) is 4.10. The Bertz CT molecular complexity index is 962. The molecule has 0 radical (unpaired) electrons. The third kappa shape index (κ3) is 3.07. The van der Waals surface area contributed by atoms with Crippen LogP contribution in [0.4, 0.5) is 0 Å². The molecule has 1 atom stereocenters. The fourth-order valence-electron chi connectivity index (χ4n) is 3.57. The first-order chi connectivity index (χ1) is 12.2. The van der Waals surface area contributed by atoms with Crippen LogP contribution in [0.15, 0.2) is 69.9 Å². The van der Waals surface area contributed by atoms with Crippen LogP contribution in [0.1, 0.15) is 28.8 Å². The van der Waals surface area contributed by atoms with E-state index in [2.05, 4.69) is 12.1 Å². The molecule has 2 heterocycles. The fourth-order valence-corrected chi connectivity index (χ4v) is 3.57. The van der Waals surface area contributed by atoms with Crippen molar-refractivity contribution >= 4 is 16.9 Å². The van der Waals surface area contributed by atoms with Gasteiger partial charge in [0, 0.05) is 18.0 Å². The van der Waals surface area contributed by atoms with Crippen LogP contribution in [-0.4, -0.2) is 23.4 Å². The van der Waals surface area contributed by atoms with Crippen molar-refractivity contribution < 1.29 is 9.21 Å². The molecule has 0 saturated carbocycles. The molecule has 4 heteroatoms. The maximum absolute atomic E-state index is 13.0. The SMILES string of the molecule is O=C(c1cc2ccccc2oc1=O)N1CCC[C@H]1Cc1ccccc1. The molecule has 0 bridgehead atoms. The van der Waals surface area contributed by atoms with Crippen molar-refractivity contribution in [2.24, 2.45) is 0 Å². The molecule has 1 saturated heterocycles. The number of benzene rings is 2. The Morgan fingerprint density at radius 3 is 2.68 bits per heavy atom. The van der Waals surface area contributed by atoms with Crippen LogP contribution in [0.5, 0.6) is 0 Å². The lowest BCUT2D eigenvalue weighted by Crippen LogP contribution is -2.38. The zero-order valence-corrected chi connectivity index (χ0v) is 13.9. The Balaban J connectivity index is 1.63. The number of carbonyl (C=O) groups excluding carboxylic acids is 1. The number of para-hydroxylation sites is 1. The molecule has 1 fully saturated rings. The van der Waals surface area contributed by atoms with E-state index in [0.717, 1.165) is 24.6 Å². The third-order valence-corrected chi connectivity index (χ3v) is 4.82. The van der Waals surface area contributed by atoms with Crippen molar-refractivity contribution in [3.8, 4) is 0 Å². The van der Waals surface area contributed by atoms with E-state index in [0.29, 0.717) is 12.1 Å². The molecule has 126 valence electrons. The normalized spacial score (nSPS) is 17.1. The molecule has 0 spiro atoms. The Morgan fingerprint density at radius 1 is 1.08 bits per heavy atom. The highest BCUT2D eigenvalue weighted by molar-refractivity contribution is 5.97. The van der Waals surface area contributed by atoms with E-state index < -0.39 is 5.63 Å². The molecule has 1 aliphatic rings. The van der Waals surface area contributed by atoms with Crippen molar-refractivity contribution in [2.45, 2.75) is 25.3 Å². The van der Waals surface area contributed by atoms with E-state index in [-0.39, 0.29) is 17.5 Å². The zero-order chi connectivity index (χ0) is 17.2. The number of carbonyl (C=O) groups is 1. The largest absolute Gasteiger partial charge is 0.422 e. The van der Waals surface area contributed by atoms with Gasteiger partial charge >= 0.3 is 5.63 Å². The van der Waals surface area contributed by atoms with Gasteiger partial charge in [-0.05, 0) is 37.0 Å². The van der Waals surface area contributed by atoms with Gasteiger partial charge in [0.05, 0.1) is 0 Å². The summed E-state index contributed by atoms with van der Waals surface area (Å²) in [4.78, 5) is 27.1. The molecule has 3 aromatic rings. The number of nitrogens with zero attached hydrogens (tertiary/aromatic N) is 1. The monoisotopic (exact) mass is 333 g/mol. The van der Waals surface area contributed by atoms with Gasteiger partial charge in [-0.25, -0.2) is 4.79 Å². The van der Waals surface area contributed by atoms with Crippen molar-refractivity contribution in [3.05, 3.63) is 82.2 Å². The van der Waals surface area contributed by atoms with Gasteiger partial charge in [-0.3, -0.25) is 4.79 Å². The molecule has 0 unspecified atom stereocenters. The summed E-state index contributed by atoms with van der Waals surface area (Å²) in [6, 6.07) is 19.2. The number of likely N-dealkylation sites (tertiary alicyclic amines) is 1. The summed E-state index contributed by atoms with van der Waals surface area (Å²) in [5, 5.41) is 0.768. The van der Waals surface area contributed by atoms with Crippen molar-refractivity contribution in [1.29, 1.82) is 0 Å². The number of rotatable bonds is 3. The average Bonchev–Trinajstić information content (AvgIpc) is 3.09. The van der Waals surface area contributed by atoms with E-state index >= 15 is 0 Å². The molecule has 0 N–H and O–H groups in total. The first kappa shape index (κ1) is 15.6. The highest BCUT2D eigenvalue weighted by Crippen LogP contribution is 2.23. The fraction of sp³-hybridized carbons (Fsp3) is 0.238. The zero-order valence-electron chi connectivity index (χ0n) is 13.9.